The molecule has 98 valence electrons. The number of anilines is 1. The third kappa shape index (κ3) is 2.69. The molecule has 0 bridgehead atoms. The fraction of sp³-hybridized carbons (Fsp3) is 0.583. The zero-order chi connectivity index (χ0) is 13.0. The summed E-state index contributed by atoms with van der Waals surface area (Å²) in [6.45, 7) is 4.06. The van der Waals surface area contributed by atoms with Crippen LogP contribution in [0.2, 0.25) is 0 Å². The van der Waals surface area contributed by atoms with Crippen LogP contribution in [0, 0.1) is 5.92 Å². The lowest BCUT2D eigenvalue weighted by Gasteiger charge is -2.32. The number of amidine groups is 1. The third-order valence-electron chi connectivity index (χ3n) is 3.42. The zero-order valence-corrected chi connectivity index (χ0v) is 10.6. The van der Waals surface area contributed by atoms with E-state index in [4.69, 9.17) is 10.9 Å². The molecule has 1 aromatic rings. The second kappa shape index (κ2) is 5.66. The lowest BCUT2D eigenvalue weighted by Crippen LogP contribution is -2.33. The predicted octanol–water partition coefficient (Wildman–Crippen LogP) is 1.20. The summed E-state index contributed by atoms with van der Waals surface area (Å²) < 4.78 is 0. The summed E-state index contributed by atoms with van der Waals surface area (Å²) in [5.41, 5.74) is 5.84. The third-order valence-corrected chi connectivity index (χ3v) is 3.42. The maximum absolute atomic E-state index is 8.56. The van der Waals surface area contributed by atoms with Crippen LogP contribution in [0.4, 0.5) is 5.82 Å². The Morgan fingerprint density at radius 2 is 2.28 bits per heavy atom. The average Bonchev–Trinajstić information content (AvgIpc) is 2.37. The molecule has 0 saturated heterocycles. The molecule has 6 heteroatoms. The van der Waals surface area contributed by atoms with Crippen molar-refractivity contribution in [1.82, 2.24) is 9.97 Å². The maximum atomic E-state index is 8.56. The number of rotatable bonds is 5. The minimum Gasteiger partial charge on any atom is -0.409 e. The molecule has 0 unspecified atom stereocenters. The van der Waals surface area contributed by atoms with Crippen molar-refractivity contribution < 1.29 is 5.21 Å². The van der Waals surface area contributed by atoms with Crippen molar-refractivity contribution in [2.45, 2.75) is 26.2 Å². The number of oxime groups is 1. The lowest BCUT2D eigenvalue weighted by molar-refractivity contribution is 0.318. The zero-order valence-electron chi connectivity index (χ0n) is 10.6. The van der Waals surface area contributed by atoms with E-state index in [1.165, 1.54) is 25.5 Å². The van der Waals surface area contributed by atoms with Crippen molar-refractivity contribution in [2.75, 3.05) is 18.0 Å². The molecule has 2 rings (SSSR count). The van der Waals surface area contributed by atoms with Crippen molar-refractivity contribution in [3.05, 3.63) is 18.1 Å². The summed E-state index contributed by atoms with van der Waals surface area (Å²) in [6, 6.07) is 0. The Bertz CT molecular complexity index is 413. The monoisotopic (exact) mass is 249 g/mol. The summed E-state index contributed by atoms with van der Waals surface area (Å²) in [5.74, 6) is 1.62. The highest BCUT2D eigenvalue weighted by molar-refractivity contribution is 5.94. The van der Waals surface area contributed by atoms with E-state index in [1.807, 2.05) is 0 Å². The number of nitrogens with two attached hydrogens (primary N) is 1. The molecule has 0 spiro atoms. The van der Waals surface area contributed by atoms with Crippen LogP contribution in [0.25, 0.3) is 0 Å². The van der Waals surface area contributed by atoms with Gasteiger partial charge in [0.15, 0.2) is 5.84 Å². The number of hydrogen-bond donors (Lipinski definition) is 2. The molecule has 1 aliphatic rings. The average molecular weight is 249 g/mol. The van der Waals surface area contributed by atoms with E-state index < -0.39 is 0 Å². The highest BCUT2D eigenvalue weighted by atomic mass is 16.4. The van der Waals surface area contributed by atoms with Gasteiger partial charge in [0.1, 0.15) is 11.5 Å². The molecule has 18 heavy (non-hydrogen) atoms. The Balaban J connectivity index is 2.06. The molecular formula is C12H19N5O. The number of hydrogen-bond acceptors (Lipinski definition) is 5. The van der Waals surface area contributed by atoms with Crippen LogP contribution >= 0.6 is 0 Å². The van der Waals surface area contributed by atoms with Gasteiger partial charge in [-0.3, -0.25) is 0 Å². The van der Waals surface area contributed by atoms with Gasteiger partial charge in [0, 0.05) is 13.1 Å². The first-order valence-electron chi connectivity index (χ1n) is 6.29. The Kier molecular flexibility index (Phi) is 3.96. The van der Waals surface area contributed by atoms with E-state index in [9.17, 15) is 0 Å². The van der Waals surface area contributed by atoms with E-state index in [1.54, 1.807) is 6.20 Å². The maximum Gasteiger partial charge on any atom is 0.190 e. The minimum absolute atomic E-state index is 0.0175. The molecule has 0 aromatic carbocycles. The molecule has 0 amide bonds. The first-order chi connectivity index (χ1) is 8.74. The highest BCUT2D eigenvalue weighted by Gasteiger charge is 2.20. The second-order valence-electron chi connectivity index (χ2n) is 4.58. The summed E-state index contributed by atoms with van der Waals surface area (Å²) in [7, 11) is 0. The van der Waals surface area contributed by atoms with Crippen molar-refractivity contribution in [3.8, 4) is 0 Å². The van der Waals surface area contributed by atoms with E-state index in [0.29, 0.717) is 5.69 Å². The Morgan fingerprint density at radius 1 is 1.50 bits per heavy atom. The van der Waals surface area contributed by atoms with Crippen LogP contribution in [0.3, 0.4) is 0 Å². The van der Waals surface area contributed by atoms with Crippen molar-refractivity contribution in [3.63, 3.8) is 0 Å². The van der Waals surface area contributed by atoms with Gasteiger partial charge in [0.05, 0.1) is 12.4 Å². The van der Waals surface area contributed by atoms with Gasteiger partial charge >= 0.3 is 0 Å². The summed E-state index contributed by atoms with van der Waals surface area (Å²) in [5, 5.41) is 11.5. The molecule has 1 aliphatic carbocycles. The lowest BCUT2D eigenvalue weighted by atomic mass is 9.85. The summed E-state index contributed by atoms with van der Waals surface area (Å²) in [4.78, 5) is 10.7. The van der Waals surface area contributed by atoms with Gasteiger partial charge in [0.2, 0.25) is 0 Å². The Morgan fingerprint density at radius 3 is 2.72 bits per heavy atom. The van der Waals surface area contributed by atoms with Crippen LogP contribution in [0.1, 0.15) is 31.9 Å². The SMILES string of the molecule is CCN(CC1CCC1)c1cnc(C(N)=NO)cn1. The first-order valence-corrected chi connectivity index (χ1v) is 6.29. The van der Waals surface area contributed by atoms with Gasteiger partial charge in [-0.1, -0.05) is 11.6 Å². The van der Waals surface area contributed by atoms with Crippen molar-refractivity contribution in [2.24, 2.45) is 16.8 Å². The molecule has 1 heterocycles. The largest absolute Gasteiger partial charge is 0.409 e. The molecule has 6 nitrogen and oxygen atoms in total. The number of nitrogens with zero attached hydrogens (tertiary/aromatic N) is 4. The topological polar surface area (TPSA) is 87.6 Å². The van der Waals surface area contributed by atoms with Gasteiger partial charge in [-0.25, -0.2) is 9.97 Å². The van der Waals surface area contributed by atoms with E-state index in [2.05, 4.69) is 26.9 Å². The van der Waals surface area contributed by atoms with Crippen LogP contribution in [0.15, 0.2) is 17.5 Å². The molecular weight excluding hydrogens is 230 g/mol. The molecule has 0 aliphatic heterocycles. The normalized spacial score (nSPS) is 16.4. The molecule has 0 atom stereocenters. The van der Waals surface area contributed by atoms with Crippen molar-refractivity contribution in [1.29, 1.82) is 0 Å². The van der Waals surface area contributed by atoms with E-state index in [-0.39, 0.29) is 5.84 Å². The second-order valence-corrected chi connectivity index (χ2v) is 4.58. The number of aromatic nitrogens is 2. The van der Waals surface area contributed by atoms with Crippen LogP contribution in [-0.4, -0.2) is 34.1 Å². The van der Waals surface area contributed by atoms with Gasteiger partial charge in [-0.2, -0.15) is 0 Å². The van der Waals surface area contributed by atoms with Crippen LogP contribution in [0.5, 0.6) is 0 Å². The first kappa shape index (κ1) is 12.6. The Labute approximate surface area is 107 Å². The Hall–Kier alpha value is -1.85. The molecule has 1 aromatic heterocycles. The van der Waals surface area contributed by atoms with Crippen LogP contribution in [-0.2, 0) is 0 Å². The van der Waals surface area contributed by atoms with Crippen molar-refractivity contribution >= 4 is 11.7 Å². The van der Waals surface area contributed by atoms with Gasteiger partial charge in [-0.05, 0) is 25.7 Å². The van der Waals surface area contributed by atoms with Gasteiger partial charge < -0.3 is 15.8 Å². The van der Waals surface area contributed by atoms with Gasteiger partial charge in [-0.15, -0.1) is 0 Å². The smallest absolute Gasteiger partial charge is 0.190 e. The summed E-state index contributed by atoms with van der Waals surface area (Å²) in [6.07, 6.45) is 7.18. The molecule has 3 N–H and O–H groups in total. The molecule has 1 saturated carbocycles. The fourth-order valence-corrected chi connectivity index (χ4v) is 2.04. The van der Waals surface area contributed by atoms with Crippen LogP contribution < -0.4 is 10.6 Å². The highest BCUT2D eigenvalue weighted by Crippen LogP contribution is 2.28. The minimum atomic E-state index is -0.0175. The van der Waals surface area contributed by atoms with Gasteiger partial charge in [0.25, 0.3) is 0 Å². The molecule has 0 radical (unpaired) electrons. The van der Waals surface area contributed by atoms with E-state index >= 15 is 0 Å². The predicted molar refractivity (Wildman–Crippen MR) is 69.8 cm³/mol. The van der Waals surface area contributed by atoms with E-state index in [0.717, 1.165) is 24.8 Å². The summed E-state index contributed by atoms with van der Waals surface area (Å²) >= 11 is 0. The fourth-order valence-electron chi connectivity index (χ4n) is 2.04. The standard InChI is InChI=1S/C12H19N5O/c1-2-17(8-9-4-3-5-9)11-7-14-10(6-15-11)12(13)16-18/h6-7,9,18H,2-5,8H2,1H3,(H2,13,16). The molecule has 1 fully saturated rings. The quantitative estimate of drug-likeness (QED) is 0.354.